The molecule has 3 N–H and O–H groups in total. The summed E-state index contributed by atoms with van der Waals surface area (Å²) in [5.74, 6) is -2.06. The molecular weight excluding hydrogens is 392 g/mol. The van der Waals surface area contributed by atoms with Crippen LogP contribution >= 0.6 is 11.6 Å². The van der Waals surface area contributed by atoms with Crippen molar-refractivity contribution in [3.63, 3.8) is 0 Å². The van der Waals surface area contributed by atoms with Crippen molar-refractivity contribution < 1.29 is 18.7 Å². The van der Waals surface area contributed by atoms with Crippen LogP contribution in [0.3, 0.4) is 0 Å². The molecule has 2 saturated carbocycles. The Bertz CT molecular complexity index is 1100. The van der Waals surface area contributed by atoms with E-state index in [1.165, 1.54) is 4.57 Å². The van der Waals surface area contributed by atoms with E-state index in [9.17, 15) is 23.5 Å². The molecule has 1 aromatic heterocycles. The van der Waals surface area contributed by atoms with E-state index in [0.717, 1.165) is 25.0 Å². The van der Waals surface area contributed by atoms with Crippen molar-refractivity contribution in [2.24, 2.45) is 11.1 Å². The summed E-state index contributed by atoms with van der Waals surface area (Å²) >= 11 is 6.25. The first-order chi connectivity index (χ1) is 13.2. The summed E-state index contributed by atoms with van der Waals surface area (Å²) in [6.45, 7) is 0.871. The molecule has 5 rings (SSSR count). The van der Waals surface area contributed by atoms with Crippen LogP contribution in [-0.4, -0.2) is 40.9 Å². The van der Waals surface area contributed by atoms with Crippen LogP contribution in [0.2, 0.25) is 5.02 Å². The maximum atomic E-state index is 14.1. The molecule has 2 aromatic rings. The van der Waals surface area contributed by atoms with Crippen molar-refractivity contribution in [3.8, 4) is 0 Å². The number of alkyl halides is 1. The number of pyridine rings is 1. The Labute approximate surface area is 163 Å². The molecule has 9 heteroatoms. The number of rotatable bonds is 3. The molecule has 1 saturated heterocycles. The molecule has 3 fully saturated rings. The topological polar surface area (TPSA) is 88.6 Å². The zero-order chi connectivity index (χ0) is 20.0. The highest BCUT2D eigenvalue weighted by Crippen LogP contribution is 2.54. The van der Waals surface area contributed by atoms with E-state index in [4.69, 9.17) is 17.3 Å². The van der Waals surface area contributed by atoms with Crippen LogP contribution in [0.15, 0.2) is 16.9 Å². The molecular formula is C19H18ClF2N3O3. The van der Waals surface area contributed by atoms with E-state index in [1.807, 2.05) is 0 Å². The molecule has 0 unspecified atom stereocenters. The summed E-state index contributed by atoms with van der Waals surface area (Å²) in [5.41, 5.74) is 5.05. The number of nitrogens with two attached hydrogens (primary N) is 1. The van der Waals surface area contributed by atoms with Crippen LogP contribution in [0.1, 0.15) is 35.7 Å². The summed E-state index contributed by atoms with van der Waals surface area (Å²) in [4.78, 5) is 26.8. The number of carboxylic acid groups (broad SMARTS) is 1. The number of anilines is 1. The van der Waals surface area contributed by atoms with E-state index in [1.54, 1.807) is 4.90 Å². The fraction of sp³-hybridized carbons (Fsp3) is 0.474. The van der Waals surface area contributed by atoms with E-state index in [0.29, 0.717) is 13.1 Å². The van der Waals surface area contributed by atoms with Crippen molar-refractivity contribution in [3.05, 3.63) is 38.8 Å². The SMILES string of the molecule is N[C@@H]1CN(c2c(C(=O)O)c(=O)c3cc(F)cc(Cl)c3n2[C@@H]2C[C@@H]2F)CC12CC2. The minimum absolute atomic E-state index is 0.0472. The zero-order valence-electron chi connectivity index (χ0n) is 14.8. The summed E-state index contributed by atoms with van der Waals surface area (Å²) in [6.07, 6.45) is 0.874. The van der Waals surface area contributed by atoms with Gasteiger partial charge in [-0.1, -0.05) is 11.6 Å². The lowest BCUT2D eigenvalue weighted by Gasteiger charge is -2.27. The number of nitrogens with zero attached hydrogens (tertiary/aromatic N) is 2. The summed E-state index contributed by atoms with van der Waals surface area (Å²) in [7, 11) is 0. The van der Waals surface area contributed by atoms with Gasteiger partial charge in [-0.15, -0.1) is 0 Å². The fourth-order valence-corrected chi connectivity index (χ4v) is 4.83. The number of carbonyl (C=O) groups is 1. The van der Waals surface area contributed by atoms with Crippen LogP contribution in [0.5, 0.6) is 0 Å². The molecule has 2 aliphatic carbocycles. The third kappa shape index (κ3) is 2.40. The van der Waals surface area contributed by atoms with Gasteiger partial charge in [0.15, 0.2) is 0 Å². The lowest BCUT2D eigenvalue weighted by molar-refractivity contribution is 0.0695. The van der Waals surface area contributed by atoms with Crippen molar-refractivity contribution in [1.29, 1.82) is 0 Å². The average Bonchev–Trinajstić information content (AvgIpc) is 3.50. The second kappa shape index (κ2) is 5.67. The third-order valence-corrected chi connectivity index (χ3v) is 6.61. The number of halogens is 3. The molecule has 1 spiro atoms. The van der Waals surface area contributed by atoms with Crippen LogP contribution < -0.4 is 16.1 Å². The van der Waals surface area contributed by atoms with E-state index in [2.05, 4.69) is 0 Å². The van der Waals surface area contributed by atoms with Crippen molar-refractivity contribution >= 4 is 34.3 Å². The Kier molecular flexibility index (Phi) is 3.62. The first kappa shape index (κ1) is 17.9. The number of aromatic carboxylic acids is 1. The molecule has 0 amide bonds. The Morgan fingerprint density at radius 2 is 2.04 bits per heavy atom. The Morgan fingerprint density at radius 1 is 1.36 bits per heavy atom. The molecule has 1 aromatic carbocycles. The molecule has 3 aliphatic rings. The van der Waals surface area contributed by atoms with Crippen LogP contribution in [0, 0.1) is 11.2 Å². The molecule has 1 aliphatic heterocycles. The van der Waals surface area contributed by atoms with Crippen LogP contribution in [0.25, 0.3) is 10.9 Å². The van der Waals surface area contributed by atoms with Gasteiger partial charge in [0.1, 0.15) is 23.4 Å². The average molecular weight is 410 g/mol. The predicted octanol–water partition coefficient (Wildman–Crippen LogP) is 2.70. The highest BCUT2D eigenvalue weighted by molar-refractivity contribution is 6.35. The van der Waals surface area contributed by atoms with Gasteiger partial charge in [-0.05, 0) is 25.0 Å². The lowest BCUT2D eigenvalue weighted by Crippen LogP contribution is -2.33. The standard InChI is InChI=1S/C19H18ClF2N3O3/c20-10-4-8(21)3-9-15(10)25(12-5-11(12)22)17(14(16(9)26)18(27)28)24-6-13(23)19(7-24)1-2-19/h3-4,11-13H,1-2,5-7,23H2,(H,27,28)/t11-,12+,13+/m0/s1. The van der Waals surface area contributed by atoms with E-state index >= 15 is 0 Å². The monoisotopic (exact) mass is 409 g/mol. The number of fused-ring (bicyclic) bond motifs is 1. The molecule has 28 heavy (non-hydrogen) atoms. The van der Waals surface area contributed by atoms with Gasteiger partial charge < -0.3 is 20.3 Å². The van der Waals surface area contributed by atoms with Gasteiger partial charge in [0, 0.05) is 31.0 Å². The van der Waals surface area contributed by atoms with Gasteiger partial charge in [0.25, 0.3) is 0 Å². The van der Waals surface area contributed by atoms with Gasteiger partial charge in [0.05, 0.1) is 22.0 Å². The molecule has 0 radical (unpaired) electrons. The molecule has 3 atom stereocenters. The van der Waals surface area contributed by atoms with Gasteiger partial charge in [-0.3, -0.25) is 4.79 Å². The van der Waals surface area contributed by atoms with Crippen LogP contribution in [0.4, 0.5) is 14.6 Å². The minimum Gasteiger partial charge on any atom is -0.477 e. The lowest BCUT2D eigenvalue weighted by atomic mass is 10.0. The third-order valence-electron chi connectivity index (χ3n) is 6.32. The smallest absolute Gasteiger partial charge is 0.343 e. The Morgan fingerprint density at radius 3 is 2.57 bits per heavy atom. The summed E-state index contributed by atoms with van der Waals surface area (Å²) in [6, 6.07) is 1.21. The van der Waals surface area contributed by atoms with Gasteiger partial charge >= 0.3 is 5.97 Å². The van der Waals surface area contributed by atoms with Crippen molar-refractivity contribution in [2.75, 3.05) is 18.0 Å². The van der Waals surface area contributed by atoms with Crippen molar-refractivity contribution in [2.45, 2.75) is 37.5 Å². The Balaban J connectivity index is 1.86. The van der Waals surface area contributed by atoms with E-state index < -0.39 is 35.0 Å². The second-order valence-electron chi connectivity index (χ2n) is 8.16. The number of aromatic nitrogens is 1. The normalized spacial score (nSPS) is 27.6. The summed E-state index contributed by atoms with van der Waals surface area (Å²) < 4.78 is 29.5. The predicted molar refractivity (Wildman–Crippen MR) is 101 cm³/mol. The molecule has 0 bridgehead atoms. The largest absolute Gasteiger partial charge is 0.477 e. The highest BCUT2D eigenvalue weighted by Gasteiger charge is 2.55. The number of hydrogen-bond acceptors (Lipinski definition) is 4. The first-order valence-electron chi connectivity index (χ1n) is 9.18. The quantitative estimate of drug-likeness (QED) is 0.813. The van der Waals surface area contributed by atoms with Gasteiger partial charge in [0.2, 0.25) is 5.43 Å². The highest BCUT2D eigenvalue weighted by atomic mass is 35.5. The maximum absolute atomic E-state index is 14.1. The van der Waals surface area contributed by atoms with Crippen LogP contribution in [-0.2, 0) is 0 Å². The second-order valence-corrected chi connectivity index (χ2v) is 8.56. The number of benzene rings is 1. The Hall–Kier alpha value is -2.19. The zero-order valence-corrected chi connectivity index (χ0v) is 15.5. The minimum atomic E-state index is -1.43. The number of carboxylic acids is 1. The first-order valence-corrected chi connectivity index (χ1v) is 9.56. The summed E-state index contributed by atoms with van der Waals surface area (Å²) in [5, 5.41) is 9.61. The van der Waals surface area contributed by atoms with E-state index in [-0.39, 0.29) is 39.6 Å². The fourth-order valence-electron chi connectivity index (χ4n) is 4.54. The van der Waals surface area contributed by atoms with Gasteiger partial charge in [-0.25, -0.2) is 13.6 Å². The van der Waals surface area contributed by atoms with Gasteiger partial charge in [-0.2, -0.15) is 0 Å². The molecule has 2 heterocycles. The molecule has 6 nitrogen and oxygen atoms in total. The maximum Gasteiger partial charge on any atom is 0.343 e. The number of hydrogen-bond donors (Lipinski definition) is 2. The van der Waals surface area contributed by atoms with Crippen molar-refractivity contribution in [1.82, 2.24) is 4.57 Å². The molecule has 148 valence electrons.